The van der Waals surface area contributed by atoms with E-state index in [-0.39, 0.29) is 11.7 Å². The first-order valence-corrected chi connectivity index (χ1v) is 7.70. The lowest BCUT2D eigenvalue weighted by Crippen LogP contribution is -2.25. The van der Waals surface area contributed by atoms with E-state index in [2.05, 4.69) is 5.10 Å². The van der Waals surface area contributed by atoms with Gasteiger partial charge in [0.15, 0.2) is 0 Å². The summed E-state index contributed by atoms with van der Waals surface area (Å²) in [6, 6.07) is 8.19. The molecule has 0 unspecified atom stereocenters. The molecule has 1 amide bonds. The number of rotatable bonds is 3. The molecule has 2 heterocycles. The average Bonchev–Trinajstić information content (AvgIpc) is 3.00. The molecule has 0 radical (unpaired) electrons. The molecule has 0 saturated carbocycles. The monoisotopic (exact) mass is 317 g/mol. The molecular weight excluding hydrogens is 301 g/mol. The van der Waals surface area contributed by atoms with Gasteiger partial charge in [0.25, 0.3) is 5.91 Å². The molecular formula is C16H16FN3OS. The van der Waals surface area contributed by atoms with E-state index in [0.717, 1.165) is 21.5 Å². The molecule has 3 rings (SSSR count). The molecule has 6 heteroatoms. The summed E-state index contributed by atoms with van der Waals surface area (Å²) in [5.74, 6) is -0.355. The van der Waals surface area contributed by atoms with E-state index >= 15 is 0 Å². The predicted molar refractivity (Wildman–Crippen MR) is 85.5 cm³/mol. The van der Waals surface area contributed by atoms with Crippen LogP contribution in [0.2, 0.25) is 0 Å². The highest BCUT2D eigenvalue weighted by Crippen LogP contribution is 2.28. The number of nitrogens with zero attached hydrogens (tertiary/aromatic N) is 3. The van der Waals surface area contributed by atoms with Crippen molar-refractivity contribution in [2.45, 2.75) is 13.5 Å². The number of carbonyl (C=O) groups excluding carboxylic acids is 1. The molecule has 114 valence electrons. The van der Waals surface area contributed by atoms with Crippen LogP contribution < -0.4 is 0 Å². The molecule has 0 saturated heterocycles. The number of benzene rings is 1. The predicted octanol–water partition coefficient (Wildman–Crippen LogP) is 3.35. The Bertz CT molecular complexity index is 818. The Morgan fingerprint density at radius 3 is 2.86 bits per heavy atom. The molecule has 0 spiro atoms. The van der Waals surface area contributed by atoms with Crippen LogP contribution in [0.4, 0.5) is 4.39 Å². The number of carbonyl (C=O) groups is 1. The molecule has 0 aliphatic rings. The zero-order valence-corrected chi connectivity index (χ0v) is 13.4. The smallest absolute Gasteiger partial charge is 0.264 e. The molecule has 0 fully saturated rings. The minimum absolute atomic E-state index is 0.0649. The number of aromatic nitrogens is 2. The normalized spacial score (nSPS) is 11.1. The minimum Gasteiger partial charge on any atom is -0.337 e. The fourth-order valence-corrected chi connectivity index (χ4v) is 3.60. The number of halogens is 1. The highest BCUT2D eigenvalue weighted by atomic mass is 32.1. The lowest BCUT2D eigenvalue weighted by Gasteiger charge is -2.16. The molecule has 0 N–H and O–H groups in total. The van der Waals surface area contributed by atoms with Gasteiger partial charge in [-0.15, -0.1) is 11.3 Å². The molecule has 22 heavy (non-hydrogen) atoms. The van der Waals surface area contributed by atoms with Gasteiger partial charge in [0.05, 0.1) is 10.6 Å². The van der Waals surface area contributed by atoms with Gasteiger partial charge < -0.3 is 4.90 Å². The zero-order chi connectivity index (χ0) is 15.9. The van der Waals surface area contributed by atoms with Crippen molar-refractivity contribution in [2.75, 3.05) is 7.05 Å². The first-order valence-electron chi connectivity index (χ1n) is 6.89. The van der Waals surface area contributed by atoms with Gasteiger partial charge >= 0.3 is 0 Å². The van der Waals surface area contributed by atoms with Crippen molar-refractivity contribution in [3.05, 3.63) is 52.3 Å². The summed E-state index contributed by atoms with van der Waals surface area (Å²) in [7, 11) is 3.60. The van der Waals surface area contributed by atoms with E-state index in [1.807, 2.05) is 26.1 Å². The van der Waals surface area contributed by atoms with Gasteiger partial charge in [-0.2, -0.15) is 5.10 Å². The van der Waals surface area contributed by atoms with Crippen LogP contribution in [0, 0.1) is 12.7 Å². The van der Waals surface area contributed by atoms with Crippen molar-refractivity contribution < 1.29 is 9.18 Å². The lowest BCUT2D eigenvalue weighted by molar-refractivity contribution is 0.0790. The fourth-order valence-electron chi connectivity index (χ4n) is 2.48. The standard InChI is InChI=1S/C16H16FN3OS/c1-10-13-8-14(22-16(13)20(3)18-10)15(21)19(2)9-11-5-4-6-12(17)7-11/h4-8H,9H2,1-3H3. The van der Waals surface area contributed by atoms with E-state index in [0.29, 0.717) is 11.4 Å². The summed E-state index contributed by atoms with van der Waals surface area (Å²) in [5, 5.41) is 5.34. The molecule has 0 atom stereocenters. The van der Waals surface area contributed by atoms with Gasteiger partial charge in [-0.3, -0.25) is 9.48 Å². The van der Waals surface area contributed by atoms with Crippen LogP contribution in [-0.4, -0.2) is 27.6 Å². The van der Waals surface area contributed by atoms with Gasteiger partial charge in [-0.05, 0) is 30.7 Å². The first kappa shape index (κ1) is 14.7. The largest absolute Gasteiger partial charge is 0.337 e. The Kier molecular flexibility index (Phi) is 3.70. The van der Waals surface area contributed by atoms with Gasteiger partial charge in [0.1, 0.15) is 10.6 Å². The third-order valence-electron chi connectivity index (χ3n) is 3.56. The molecule has 3 aromatic rings. The highest BCUT2D eigenvalue weighted by Gasteiger charge is 2.18. The Morgan fingerprint density at radius 2 is 2.18 bits per heavy atom. The van der Waals surface area contributed by atoms with E-state index in [4.69, 9.17) is 0 Å². The number of aryl methyl sites for hydroxylation is 2. The van der Waals surface area contributed by atoms with E-state index in [9.17, 15) is 9.18 Å². The second-order valence-electron chi connectivity index (χ2n) is 5.33. The van der Waals surface area contributed by atoms with Crippen LogP contribution in [-0.2, 0) is 13.6 Å². The maximum absolute atomic E-state index is 13.2. The van der Waals surface area contributed by atoms with Crippen LogP contribution in [0.25, 0.3) is 10.2 Å². The summed E-state index contributed by atoms with van der Waals surface area (Å²) in [6.45, 7) is 2.31. The average molecular weight is 317 g/mol. The Labute approximate surface area is 131 Å². The van der Waals surface area contributed by atoms with Gasteiger partial charge in [-0.1, -0.05) is 12.1 Å². The van der Waals surface area contributed by atoms with Crippen LogP contribution in [0.5, 0.6) is 0 Å². The molecule has 4 nitrogen and oxygen atoms in total. The summed E-state index contributed by atoms with van der Waals surface area (Å²) in [4.78, 5) is 15.8. The van der Waals surface area contributed by atoms with Gasteiger partial charge in [0, 0.05) is 26.0 Å². The number of hydrogen-bond acceptors (Lipinski definition) is 3. The van der Waals surface area contributed by atoms with Crippen molar-refractivity contribution >= 4 is 27.5 Å². The Balaban J connectivity index is 1.83. The van der Waals surface area contributed by atoms with Crippen molar-refractivity contribution in [2.24, 2.45) is 7.05 Å². The molecule has 2 aromatic heterocycles. The van der Waals surface area contributed by atoms with Crippen LogP contribution in [0.3, 0.4) is 0 Å². The quantitative estimate of drug-likeness (QED) is 0.743. The van der Waals surface area contributed by atoms with Crippen LogP contribution in [0.1, 0.15) is 20.9 Å². The van der Waals surface area contributed by atoms with Crippen molar-refractivity contribution in [1.29, 1.82) is 0 Å². The van der Waals surface area contributed by atoms with Gasteiger partial charge in [-0.25, -0.2) is 4.39 Å². The maximum atomic E-state index is 13.2. The number of thiophene rings is 1. The maximum Gasteiger partial charge on any atom is 0.264 e. The molecule has 0 aliphatic carbocycles. The summed E-state index contributed by atoms with van der Waals surface area (Å²) >= 11 is 1.43. The van der Waals surface area contributed by atoms with E-state index < -0.39 is 0 Å². The zero-order valence-electron chi connectivity index (χ0n) is 12.6. The second kappa shape index (κ2) is 5.53. The third kappa shape index (κ3) is 2.62. The Morgan fingerprint density at radius 1 is 1.41 bits per heavy atom. The highest BCUT2D eigenvalue weighted by molar-refractivity contribution is 7.20. The first-order chi connectivity index (χ1) is 10.5. The number of fused-ring (bicyclic) bond motifs is 1. The van der Waals surface area contributed by atoms with E-state index in [1.165, 1.54) is 23.5 Å². The minimum atomic E-state index is -0.290. The Hall–Kier alpha value is -2.21. The molecule has 0 bridgehead atoms. The van der Waals surface area contributed by atoms with Crippen LogP contribution >= 0.6 is 11.3 Å². The molecule has 1 aromatic carbocycles. The molecule has 0 aliphatic heterocycles. The summed E-state index contributed by atoms with van der Waals surface area (Å²) in [6.07, 6.45) is 0. The summed E-state index contributed by atoms with van der Waals surface area (Å²) < 4.78 is 15.0. The third-order valence-corrected chi connectivity index (χ3v) is 4.75. The van der Waals surface area contributed by atoms with Crippen molar-refractivity contribution in [1.82, 2.24) is 14.7 Å². The second-order valence-corrected chi connectivity index (χ2v) is 6.36. The van der Waals surface area contributed by atoms with Crippen molar-refractivity contribution in [3.63, 3.8) is 0 Å². The summed E-state index contributed by atoms with van der Waals surface area (Å²) in [5.41, 5.74) is 1.69. The lowest BCUT2D eigenvalue weighted by atomic mass is 10.2. The SMILES string of the molecule is Cc1nn(C)c2sc(C(=O)N(C)Cc3cccc(F)c3)cc12. The van der Waals surface area contributed by atoms with Crippen molar-refractivity contribution in [3.8, 4) is 0 Å². The topological polar surface area (TPSA) is 38.1 Å². The van der Waals surface area contributed by atoms with E-state index in [1.54, 1.807) is 22.7 Å². The number of hydrogen-bond donors (Lipinski definition) is 0. The van der Waals surface area contributed by atoms with Gasteiger partial charge in [0.2, 0.25) is 0 Å². The van der Waals surface area contributed by atoms with Crippen LogP contribution in [0.15, 0.2) is 30.3 Å². The number of amides is 1. The fraction of sp³-hybridized carbons (Fsp3) is 0.250.